The molecule has 0 saturated heterocycles. The van der Waals surface area contributed by atoms with E-state index in [1.807, 2.05) is 13.8 Å². The molecule has 1 amide bonds. The first-order chi connectivity index (χ1) is 14.3. The number of amides is 1. The van der Waals surface area contributed by atoms with Crippen LogP contribution < -0.4 is 5.32 Å². The predicted octanol–water partition coefficient (Wildman–Crippen LogP) is 4.51. The molecule has 5 atom stereocenters. The van der Waals surface area contributed by atoms with Gasteiger partial charge in [0.15, 0.2) is 0 Å². The molecule has 30 heavy (non-hydrogen) atoms. The zero-order chi connectivity index (χ0) is 21.6. The zero-order valence-corrected chi connectivity index (χ0v) is 18.7. The highest BCUT2D eigenvalue weighted by Gasteiger charge is 2.54. The Balaban J connectivity index is 1.63. The van der Waals surface area contributed by atoms with E-state index in [0.29, 0.717) is 16.5 Å². The first kappa shape index (κ1) is 21.3. The minimum absolute atomic E-state index is 0.0930. The van der Waals surface area contributed by atoms with Gasteiger partial charge in [-0.2, -0.15) is 0 Å². The molecule has 164 valence electrons. The Morgan fingerprint density at radius 2 is 1.87 bits per heavy atom. The van der Waals surface area contributed by atoms with Crippen molar-refractivity contribution in [2.24, 2.45) is 29.6 Å². The van der Waals surface area contributed by atoms with Crippen LogP contribution in [0.25, 0.3) is 0 Å². The number of carboxylic acids is 1. The SMILES string of the molecule is CC[C@@H]1CCc2c(sc(NC(=O)[C@H]3[C@H]4CC[C@@H](C4)[C@H]3C(=O)O)c2C(=O)OC(C)C)C1. The van der Waals surface area contributed by atoms with Crippen LogP contribution in [0.1, 0.15) is 73.7 Å². The summed E-state index contributed by atoms with van der Waals surface area (Å²) in [5.74, 6) is -1.84. The summed E-state index contributed by atoms with van der Waals surface area (Å²) in [6.45, 7) is 5.81. The van der Waals surface area contributed by atoms with Crippen LogP contribution in [0.4, 0.5) is 5.00 Å². The van der Waals surface area contributed by atoms with Crippen molar-refractivity contribution < 1.29 is 24.2 Å². The third-order valence-corrected chi connectivity index (χ3v) is 8.40. The van der Waals surface area contributed by atoms with E-state index >= 15 is 0 Å². The minimum Gasteiger partial charge on any atom is -0.481 e. The molecule has 0 spiro atoms. The second kappa shape index (κ2) is 8.33. The second-order valence-corrected chi connectivity index (χ2v) is 10.5. The van der Waals surface area contributed by atoms with E-state index in [1.54, 1.807) is 0 Å². The molecule has 2 N–H and O–H groups in total. The summed E-state index contributed by atoms with van der Waals surface area (Å²) in [7, 11) is 0. The molecule has 1 aromatic heterocycles. The van der Waals surface area contributed by atoms with Crippen molar-refractivity contribution in [2.75, 3.05) is 5.32 Å². The molecular formula is C23H31NO5S. The summed E-state index contributed by atoms with van der Waals surface area (Å²) >= 11 is 1.47. The normalized spacial score (nSPS) is 29.7. The number of carbonyl (C=O) groups excluding carboxylic acids is 2. The lowest BCUT2D eigenvalue weighted by Gasteiger charge is -2.27. The monoisotopic (exact) mass is 433 g/mol. The molecule has 4 rings (SSSR count). The van der Waals surface area contributed by atoms with E-state index in [4.69, 9.17) is 4.74 Å². The number of fused-ring (bicyclic) bond motifs is 3. The van der Waals surface area contributed by atoms with Crippen LogP contribution in [0.3, 0.4) is 0 Å². The summed E-state index contributed by atoms with van der Waals surface area (Å²) in [4.78, 5) is 39.1. The van der Waals surface area contributed by atoms with E-state index in [1.165, 1.54) is 11.3 Å². The number of esters is 1. The fraction of sp³-hybridized carbons (Fsp3) is 0.696. The van der Waals surface area contributed by atoms with Crippen molar-refractivity contribution >= 4 is 34.2 Å². The molecule has 2 bridgehead atoms. The van der Waals surface area contributed by atoms with Crippen LogP contribution in [0.15, 0.2) is 0 Å². The number of carboxylic acid groups (broad SMARTS) is 1. The maximum Gasteiger partial charge on any atom is 0.341 e. The highest BCUT2D eigenvalue weighted by atomic mass is 32.1. The Kier molecular flexibility index (Phi) is 5.93. The molecule has 3 aliphatic carbocycles. The molecule has 2 saturated carbocycles. The lowest BCUT2D eigenvalue weighted by molar-refractivity contribution is -0.148. The van der Waals surface area contributed by atoms with Crippen LogP contribution in [0.2, 0.25) is 0 Å². The first-order valence-electron chi connectivity index (χ1n) is 11.2. The van der Waals surface area contributed by atoms with Crippen molar-refractivity contribution in [3.8, 4) is 0 Å². The van der Waals surface area contributed by atoms with Gasteiger partial charge in [-0.1, -0.05) is 13.3 Å². The smallest absolute Gasteiger partial charge is 0.341 e. The third-order valence-electron chi connectivity index (χ3n) is 7.23. The Hall–Kier alpha value is -1.89. The van der Waals surface area contributed by atoms with Gasteiger partial charge in [-0.25, -0.2) is 4.79 Å². The lowest BCUT2D eigenvalue weighted by Crippen LogP contribution is -2.38. The summed E-state index contributed by atoms with van der Waals surface area (Å²) < 4.78 is 5.49. The number of nitrogens with one attached hydrogen (secondary N) is 1. The Morgan fingerprint density at radius 1 is 1.17 bits per heavy atom. The number of aliphatic carboxylic acids is 1. The van der Waals surface area contributed by atoms with Crippen LogP contribution >= 0.6 is 11.3 Å². The lowest BCUT2D eigenvalue weighted by atomic mass is 9.78. The Bertz CT molecular complexity index is 860. The standard InChI is InChI=1S/C23H31NO5S/c1-4-12-5-8-15-16(9-12)30-21(19(15)23(28)29-11(2)3)24-20(25)17-13-6-7-14(10-13)18(17)22(26)27/h11-14,17-18H,4-10H2,1-3H3,(H,24,25)(H,26,27)/t12-,13+,14+,17+,18-/m1/s1. The summed E-state index contributed by atoms with van der Waals surface area (Å²) in [6.07, 6.45) is 6.23. The average Bonchev–Trinajstić information content (AvgIpc) is 3.38. The quantitative estimate of drug-likeness (QED) is 0.644. The highest BCUT2D eigenvalue weighted by molar-refractivity contribution is 7.17. The molecule has 0 aliphatic heterocycles. The van der Waals surface area contributed by atoms with Crippen molar-refractivity contribution in [3.63, 3.8) is 0 Å². The molecule has 7 heteroatoms. The van der Waals surface area contributed by atoms with Crippen LogP contribution in [0, 0.1) is 29.6 Å². The highest BCUT2D eigenvalue weighted by Crippen LogP contribution is 2.53. The maximum absolute atomic E-state index is 13.2. The summed E-state index contributed by atoms with van der Waals surface area (Å²) in [6, 6.07) is 0. The van der Waals surface area contributed by atoms with Crippen LogP contribution in [-0.2, 0) is 27.2 Å². The molecule has 1 heterocycles. The van der Waals surface area contributed by atoms with Crippen molar-refractivity contribution in [2.45, 2.75) is 71.8 Å². The van der Waals surface area contributed by atoms with Crippen molar-refractivity contribution in [3.05, 3.63) is 16.0 Å². The van der Waals surface area contributed by atoms with Gasteiger partial charge >= 0.3 is 11.9 Å². The van der Waals surface area contributed by atoms with Gasteiger partial charge in [0.05, 0.1) is 23.5 Å². The van der Waals surface area contributed by atoms with Gasteiger partial charge in [0.1, 0.15) is 5.00 Å². The van der Waals surface area contributed by atoms with Gasteiger partial charge in [0, 0.05) is 4.88 Å². The van der Waals surface area contributed by atoms with Gasteiger partial charge in [-0.05, 0) is 75.7 Å². The predicted molar refractivity (Wildman–Crippen MR) is 115 cm³/mol. The number of hydrogen-bond acceptors (Lipinski definition) is 5. The van der Waals surface area contributed by atoms with E-state index in [9.17, 15) is 19.5 Å². The zero-order valence-electron chi connectivity index (χ0n) is 17.9. The molecule has 6 nitrogen and oxygen atoms in total. The van der Waals surface area contributed by atoms with Gasteiger partial charge in [0.2, 0.25) is 5.91 Å². The molecule has 0 aromatic carbocycles. The maximum atomic E-state index is 13.2. The Labute approximate surface area is 181 Å². The number of carbonyl (C=O) groups is 3. The van der Waals surface area contributed by atoms with E-state index in [-0.39, 0.29) is 23.8 Å². The minimum atomic E-state index is -0.877. The van der Waals surface area contributed by atoms with Gasteiger partial charge in [-0.3, -0.25) is 9.59 Å². The molecule has 0 unspecified atom stereocenters. The fourth-order valence-electron chi connectivity index (χ4n) is 5.80. The average molecular weight is 434 g/mol. The van der Waals surface area contributed by atoms with Gasteiger partial charge in [0.25, 0.3) is 0 Å². The summed E-state index contributed by atoms with van der Waals surface area (Å²) in [5, 5.41) is 13.2. The first-order valence-corrected chi connectivity index (χ1v) is 12.0. The van der Waals surface area contributed by atoms with E-state index in [0.717, 1.165) is 55.4 Å². The molecule has 2 fully saturated rings. The van der Waals surface area contributed by atoms with Crippen molar-refractivity contribution in [1.82, 2.24) is 0 Å². The number of thiophene rings is 1. The fourth-order valence-corrected chi connectivity index (χ4v) is 7.15. The molecular weight excluding hydrogens is 402 g/mol. The summed E-state index contributed by atoms with van der Waals surface area (Å²) in [5.41, 5.74) is 1.50. The number of ether oxygens (including phenoxy) is 1. The second-order valence-electron chi connectivity index (χ2n) is 9.39. The van der Waals surface area contributed by atoms with Gasteiger partial charge in [-0.15, -0.1) is 11.3 Å². The largest absolute Gasteiger partial charge is 0.481 e. The van der Waals surface area contributed by atoms with Crippen LogP contribution in [-0.4, -0.2) is 29.1 Å². The van der Waals surface area contributed by atoms with E-state index in [2.05, 4.69) is 12.2 Å². The Morgan fingerprint density at radius 3 is 2.50 bits per heavy atom. The molecule has 1 aromatic rings. The topological polar surface area (TPSA) is 92.7 Å². The number of hydrogen-bond donors (Lipinski definition) is 2. The van der Waals surface area contributed by atoms with E-state index < -0.39 is 23.8 Å². The third kappa shape index (κ3) is 3.77. The van der Waals surface area contributed by atoms with Gasteiger partial charge < -0.3 is 15.2 Å². The molecule has 0 radical (unpaired) electrons. The van der Waals surface area contributed by atoms with Crippen molar-refractivity contribution in [1.29, 1.82) is 0 Å². The molecule has 3 aliphatic rings. The number of anilines is 1. The van der Waals surface area contributed by atoms with Crippen LogP contribution in [0.5, 0.6) is 0 Å². The number of rotatable bonds is 6.